The van der Waals surface area contributed by atoms with E-state index in [9.17, 15) is 0 Å². The molecule has 0 saturated carbocycles. The van der Waals surface area contributed by atoms with Crippen LogP contribution in [0, 0.1) is 6.92 Å². The lowest BCUT2D eigenvalue weighted by Crippen LogP contribution is -2.29. The zero-order valence-corrected chi connectivity index (χ0v) is 16.3. The summed E-state index contributed by atoms with van der Waals surface area (Å²) in [6.45, 7) is 8.02. The van der Waals surface area contributed by atoms with Gasteiger partial charge in [0, 0.05) is 31.5 Å². The standard InChI is InChI=1S/C24H28N2O/c1-3-27-22-12-10-20(11-13-22)18-26-16-6-15-25-14-5-9-23(25)24(26)21-8-4-7-19(2)17-21/h4-5,7-14,17,24H,3,6,15-16,18H2,1-2H3/t24-/m1/s1. The van der Waals surface area contributed by atoms with Crippen molar-refractivity contribution >= 4 is 0 Å². The fourth-order valence-electron chi connectivity index (χ4n) is 4.12. The van der Waals surface area contributed by atoms with E-state index in [1.165, 1.54) is 28.8 Å². The Morgan fingerprint density at radius 1 is 1.00 bits per heavy atom. The lowest BCUT2D eigenvalue weighted by Gasteiger charge is -2.31. The summed E-state index contributed by atoms with van der Waals surface area (Å²) in [6, 6.07) is 22.3. The molecule has 0 amide bonds. The fraction of sp³-hybridized carbons (Fsp3) is 0.333. The number of fused-ring (bicyclic) bond motifs is 1. The van der Waals surface area contributed by atoms with Gasteiger partial charge in [-0.1, -0.05) is 42.0 Å². The molecule has 140 valence electrons. The van der Waals surface area contributed by atoms with Crippen LogP contribution in [0.25, 0.3) is 0 Å². The Morgan fingerprint density at radius 3 is 2.63 bits per heavy atom. The van der Waals surface area contributed by atoms with Gasteiger partial charge in [0.2, 0.25) is 0 Å². The van der Waals surface area contributed by atoms with Gasteiger partial charge in [0.15, 0.2) is 0 Å². The molecule has 0 N–H and O–H groups in total. The van der Waals surface area contributed by atoms with Crippen LogP contribution in [0.15, 0.2) is 66.9 Å². The Labute approximate surface area is 162 Å². The van der Waals surface area contributed by atoms with Crippen molar-refractivity contribution < 1.29 is 4.74 Å². The third-order valence-corrected chi connectivity index (χ3v) is 5.33. The molecule has 0 spiro atoms. The molecular formula is C24H28N2O. The number of benzene rings is 2. The van der Waals surface area contributed by atoms with Crippen LogP contribution in [0.5, 0.6) is 5.75 Å². The van der Waals surface area contributed by atoms with Gasteiger partial charge in [-0.3, -0.25) is 4.90 Å². The fourth-order valence-corrected chi connectivity index (χ4v) is 4.12. The summed E-state index contributed by atoms with van der Waals surface area (Å²) >= 11 is 0. The smallest absolute Gasteiger partial charge is 0.119 e. The van der Waals surface area contributed by atoms with Crippen LogP contribution in [-0.2, 0) is 13.1 Å². The van der Waals surface area contributed by atoms with Crippen LogP contribution in [-0.4, -0.2) is 22.6 Å². The minimum Gasteiger partial charge on any atom is -0.494 e. The van der Waals surface area contributed by atoms with E-state index in [0.717, 1.165) is 25.4 Å². The molecule has 27 heavy (non-hydrogen) atoms. The molecule has 0 radical (unpaired) electrons. The molecule has 0 fully saturated rings. The van der Waals surface area contributed by atoms with E-state index in [2.05, 4.69) is 83.3 Å². The Morgan fingerprint density at radius 2 is 1.85 bits per heavy atom. The normalized spacial score (nSPS) is 17.3. The van der Waals surface area contributed by atoms with E-state index in [1.54, 1.807) is 0 Å². The molecule has 0 unspecified atom stereocenters. The van der Waals surface area contributed by atoms with Crippen molar-refractivity contribution in [1.29, 1.82) is 0 Å². The lowest BCUT2D eigenvalue weighted by atomic mass is 9.99. The van der Waals surface area contributed by atoms with E-state index in [4.69, 9.17) is 4.74 Å². The monoisotopic (exact) mass is 360 g/mol. The highest BCUT2D eigenvalue weighted by Crippen LogP contribution is 2.33. The predicted octanol–water partition coefficient (Wildman–Crippen LogP) is 5.19. The molecule has 0 aliphatic carbocycles. The van der Waals surface area contributed by atoms with Crippen LogP contribution in [0.4, 0.5) is 0 Å². The summed E-state index contributed by atoms with van der Waals surface area (Å²) in [5.41, 5.74) is 5.42. The SMILES string of the molecule is CCOc1ccc(CN2CCCn3cccc3[C@H]2c2cccc(C)c2)cc1. The first-order valence-electron chi connectivity index (χ1n) is 9.92. The third-order valence-electron chi connectivity index (χ3n) is 5.33. The summed E-state index contributed by atoms with van der Waals surface area (Å²) in [5, 5.41) is 0. The third kappa shape index (κ3) is 3.93. The number of aryl methyl sites for hydroxylation is 2. The topological polar surface area (TPSA) is 17.4 Å². The highest BCUT2D eigenvalue weighted by Gasteiger charge is 2.27. The number of ether oxygens (including phenoxy) is 1. The van der Waals surface area contributed by atoms with E-state index < -0.39 is 0 Å². The van der Waals surface area contributed by atoms with Gasteiger partial charge in [-0.2, -0.15) is 0 Å². The first kappa shape index (κ1) is 17.9. The summed E-state index contributed by atoms with van der Waals surface area (Å²) < 4.78 is 8.02. The van der Waals surface area contributed by atoms with Gasteiger partial charge in [0.1, 0.15) is 5.75 Å². The van der Waals surface area contributed by atoms with E-state index in [0.29, 0.717) is 6.61 Å². The largest absolute Gasteiger partial charge is 0.494 e. The molecule has 3 nitrogen and oxygen atoms in total. The van der Waals surface area contributed by atoms with Crippen LogP contribution in [0.3, 0.4) is 0 Å². The predicted molar refractivity (Wildman–Crippen MR) is 110 cm³/mol. The molecule has 2 heterocycles. The van der Waals surface area contributed by atoms with Crippen LogP contribution in [0.1, 0.15) is 41.8 Å². The van der Waals surface area contributed by atoms with Crippen molar-refractivity contribution in [2.75, 3.05) is 13.2 Å². The molecule has 2 aromatic carbocycles. The van der Waals surface area contributed by atoms with Crippen molar-refractivity contribution in [2.24, 2.45) is 0 Å². The number of aromatic nitrogens is 1. The first-order valence-corrected chi connectivity index (χ1v) is 9.92. The summed E-state index contributed by atoms with van der Waals surface area (Å²) in [4.78, 5) is 2.61. The molecule has 1 atom stereocenters. The van der Waals surface area contributed by atoms with Gasteiger partial charge in [-0.05, 0) is 55.7 Å². The van der Waals surface area contributed by atoms with Crippen molar-refractivity contribution in [1.82, 2.24) is 9.47 Å². The van der Waals surface area contributed by atoms with Gasteiger partial charge in [-0.25, -0.2) is 0 Å². The maximum atomic E-state index is 5.59. The van der Waals surface area contributed by atoms with Gasteiger partial charge in [-0.15, -0.1) is 0 Å². The van der Waals surface area contributed by atoms with Crippen LogP contribution >= 0.6 is 0 Å². The lowest BCUT2D eigenvalue weighted by molar-refractivity contribution is 0.220. The number of hydrogen-bond acceptors (Lipinski definition) is 2. The molecule has 1 aromatic heterocycles. The summed E-state index contributed by atoms with van der Waals surface area (Å²) in [5.74, 6) is 0.946. The highest BCUT2D eigenvalue weighted by atomic mass is 16.5. The zero-order valence-electron chi connectivity index (χ0n) is 16.3. The van der Waals surface area contributed by atoms with E-state index in [1.807, 2.05) is 6.92 Å². The summed E-state index contributed by atoms with van der Waals surface area (Å²) in [7, 11) is 0. The molecule has 1 aliphatic heterocycles. The first-order chi connectivity index (χ1) is 13.2. The Balaban J connectivity index is 1.66. The molecule has 1 aliphatic rings. The van der Waals surface area contributed by atoms with Crippen molar-refractivity contribution in [2.45, 2.75) is 39.4 Å². The van der Waals surface area contributed by atoms with Crippen molar-refractivity contribution in [3.63, 3.8) is 0 Å². The Kier molecular flexibility index (Phi) is 5.30. The molecule has 4 rings (SSSR count). The minimum absolute atomic E-state index is 0.286. The van der Waals surface area contributed by atoms with Crippen LogP contribution < -0.4 is 4.74 Å². The quantitative estimate of drug-likeness (QED) is 0.623. The van der Waals surface area contributed by atoms with Gasteiger partial charge in [0.05, 0.1) is 12.6 Å². The average molecular weight is 361 g/mol. The van der Waals surface area contributed by atoms with E-state index >= 15 is 0 Å². The number of hydrogen-bond donors (Lipinski definition) is 0. The Hall–Kier alpha value is -2.52. The molecule has 0 saturated heterocycles. The number of rotatable bonds is 5. The van der Waals surface area contributed by atoms with Crippen LogP contribution in [0.2, 0.25) is 0 Å². The average Bonchev–Trinajstić information content (AvgIpc) is 3.05. The Bertz CT molecular complexity index is 881. The van der Waals surface area contributed by atoms with Gasteiger partial charge >= 0.3 is 0 Å². The summed E-state index contributed by atoms with van der Waals surface area (Å²) in [6.07, 6.45) is 3.39. The molecule has 3 heteroatoms. The molecular weight excluding hydrogens is 332 g/mol. The zero-order chi connectivity index (χ0) is 18.6. The minimum atomic E-state index is 0.286. The van der Waals surface area contributed by atoms with Crippen molar-refractivity contribution in [3.8, 4) is 5.75 Å². The maximum Gasteiger partial charge on any atom is 0.119 e. The second kappa shape index (κ2) is 8.01. The second-order valence-electron chi connectivity index (χ2n) is 7.34. The van der Waals surface area contributed by atoms with Crippen molar-refractivity contribution in [3.05, 3.63) is 89.2 Å². The second-order valence-corrected chi connectivity index (χ2v) is 7.34. The maximum absolute atomic E-state index is 5.59. The number of nitrogens with zero attached hydrogens (tertiary/aromatic N) is 2. The molecule has 3 aromatic rings. The highest BCUT2D eigenvalue weighted by molar-refractivity contribution is 5.33. The molecule has 0 bridgehead atoms. The van der Waals surface area contributed by atoms with Gasteiger partial charge in [0.25, 0.3) is 0 Å². The van der Waals surface area contributed by atoms with E-state index in [-0.39, 0.29) is 6.04 Å². The van der Waals surface area contributed by atoms with Gasteiger partial charge < -0.3 is 9.30 Å².